The van der Waals surface area contributed by atoms with Crippen molar-refractivity contribution in [2.45, 2.75) is 12.5 Å². The van der Waals surface area contributed by atoms with Crippen molar-refractivity contribution in [1.29, 1.82) is 5.26 Å². The predicted molar refractivity (Wildman–Crippen MR) is 79.5 cm³/mol. The lowest BCUT2D eigenvalue weighted by atomic mass is 10.0. The van der Waals surface area contributed by atoms with E-state index < -0.39 is 0 Å². The molecule has 0 spiro atoms. The lowest BCUT2D eigenvalue weighted by molar-refractivity contribution is 0.132. The molecular formula is C16H21N3O2. The Morgan fingerprint density at radius 1 is 1.10 bits per heavy atom. The van der Waals surface area contributed by atoms with Gasteiger partial charge in [0.25, 0.3) is 0 Å². The number of rotatable bonds is 2. The summed E-state index contributed by atoms with van der Waals surface area (Å²) < 4.78 is 11.4. The number of benzene rings is 1. The van der Waals surface area contributed by atoms with E-state index in [0.29, 0.717) is 13.2 Å². The first-order chi connectivity index (χ1) is 10.3. The largest absolute Gasteiger partial charge is 0.490 e. The van der Waals surface area contributed by atoms with Crippen LogP contribution in [0.4, 0.5) is 0 Å². The maximum Gasteiger partial charge on any atom is 0.161 e. The lowest BCUT2D eigenvalue weighted by Gasteiger charge is -2.35. The summed E-state index contributed by atoms with van der Waals surface area (Å²) in [6, 6.07) is 8.10. The summed E-state index contributed by atoms with van der Waals surface area (Å²) in [5, 5.41) is 9.58. The molecule has 2 aliphatic heterocycles. The second-order valence-corrected chi connectivity index (χ2v) is 5.63. The molecule has 112 valence electrons. The normalized spacial score (nSPS) is 21.3. The van der Waals surface area contributed by atoms with Crippen molar-refractivity contribution in [2.24, 2.45) is 0 Å². The molecule has 21 heavy (non-hydrogen) atoms. The zero-order valence-electron chi connectivity index (χ0n) is 12.4. The van der Waals surface area contributed by atoms with Crippen molar-refractivity contribution in [3.63, 3.8) is 0 Å². The first-order valence-corrected chi connectivity index (χ1v) is 7.49. The van der Waals surface area contributed by atoms with Gasteiger partial charge in [-0.2, -0.15) is 5.26 Å². The molecule has 2 aliphatic rings. The van der Waals surface area contributed by atoms with Crippen LogP contribution >= 0.6 is 0 Å². The monoisotopic (exact) mass is 287 g/mol. The molecule has 5 heteroatoms. The summed E-state index contributed by atoms with van der Waals surface area (Å²) in [6.07, 6.45) is 0.893. The van der Waals surface area contributed by atoms with Gasteiger partial charge in [0.2, 0.25) is 0 Å². The Bertz CT molecular complexity index is 533. The summed E-state index contributed by atoms with van der Waals surface area (Å²) in [5.74, 6) is 1.55. The first kappa shape index (κ1) is 14.2. The standard InChI is InChI=1S/C16H21N3O2/c1-18-5-7-19(8-6-18)14(12-17)13-3-4-15-16(11-13)21-10-2-9-20-15/h3-4,11,14H,2,5-10H2,1H3. The minimum absolute atomic E-state index is 0.212. The number of nitrogens with zero attached hydrogens (tertiary/aromatic N) is 3. The van der Waals surface area contributed by atoms with Gasteiger partial charge >= 0.3 is 0 Å². The summed E-state index contributed by atoms with van der Waals surface area (Å²) in [7, 11) is 2.12. The van der Waals surface area contributed by atoms with Crippen LogP contribution in [0.3, 0.4) is 0 Å². The molecule has 0 aliphatic carbocycles. The molecule has 1 aromatic carbocycles. The molecular weight excluding hydrogens is 266 g/mol. The predicted octanol–water partition coefficient (Wildman–Crippen LogP) is 1.66. The van der Waals surface area contributed by atoms with Crippen LogP contribution in [0.2, 0.25) is 0 Å². The third-order valence-corrected chi connectivity index (χ3v) is 4.11. The second kappa shape index (κ2) is 6.33. The molecule has 1 fully saturated rings. The quantitative estimate of drug-likeness (QED) is 0.828. The van der Waals surface area contributed by atoms with Gasteiger partial charge in [-0.05, 0) is 24.7 Å². The molecule has 1 atom stereocenters. The van der Waals surface area contributed by atoms with Gasteiger partial charge in [-0.3, -0.25) is 4.90 Å². The van der Waals surface area contributed by atoms with E-state index in [9.17, 15) is 5.26 Å². The van der Waals surface area contributed by atoms with Gasteiger partial charge in [0, 0.05) is 32.6 Å². The Kier molecular flexibility index (Phi) is 4.28. The third-order valence-electron chi connectivity index (χ3n) is 4.11. The number of likely N-dealkylation sites (N-methyl/N-ethyl adjacent to an activating group) is 1. The van der Waals surface area contributed by atoms with Crippen LogP contribution in [0, 0.1) is 11.3 Å². The van der Waals surface area contributed by atoms with Crippen LogP contribution in [0.25, 0.3) is 0 Å². The highest BCUT2D eigenvalue weighted by atomic mass is 16.5. The van der Waals surface area contributed by atoms with Crippen LogP contribution in [-0.4, -0.2) is 56.2 Å². The fraction of sp³-hybridized carbons (Fsp3) is 0.562. The number of nitriles is 1. The Morgan fingerprint density at radius 3 is 2.52 bits per heavy atom. The van der Waals surface area contributed by atoms with Crippen molar-refractivity contribution in [2.75, 3.05) is 46.4 Å². The van der Waals surface area contributed by atoms with E-state index in [1.54, 1.807) is 0 Å². The summed E-state index contributed by atoms with van der Waals surface area (Å²) in [5.41, 5.74) is 0.992. The van der Waals surface area contributed by atoms with E-state index in [0.717, 1.165) is 49.7 Å². The number of piperazine rings is 1. The molecule has 2 heterocycles. The Morgan fingerprint density at radius 2 is 1.81 bits per heavy atom. The molecule has 0 saturated carbocycles. The number of hydrogen-bond donors (Lipinski definition) is 0. The number of ether oxygens (including phenoxy) is 2. The highest BCUT2D eigenvalue weighted by Gasteiger charge is 2.25. The third kappa shape index (κ3) is 3.12. The van der Waals surface area contributed by atoms with E-state index >= 15 is 0 Å². The van der Waals surface area contributed by atoms with Gasteiger partial charge in [0.1, 0.15) is 6.04 Å². The minimum atomic E-state index is -0.212. The van der Waals surface area contributed by atoms with E-state index in [1.165, 1.54) is 0 Å². The maximum absolute atomic E-state index is 9.58. The SMILES string of the molecule is CN1CCN(C(C#N)c2ccc3c(c2)OCCCO3)CC1. The van der Waals surface area contributed by atoms with E-state index in [4.69, 9.17) is 9.47 Å². The highest BCUT2D eigenvalue weighted by Crippen LogP contribution is 2.33. The average molecular weight is 287 g/mol. The van der Waals surface area contributed by atoms with Crippen LogP contribution in [0.15, 0.2) is 18.2 Å². The smallest absolute Gasteiger partial charge is 0.161 e. The van der Waals surface area contributed by atoms with Crippen molar-refractivity contribution < 1.29 is 9.47 Å². The summed E-state index contributed by atoms with van der Waals surface area (Å²) in [6.45, 7) is 5.20. The molecule has 3 rings (SSSR count). The van der Waals surface area contributed by atoms with Crippen LogP contribution in [0.1, 0.15) is 18.0 Å². The van der Waals surface area contributed by atoms with Gasteiger partial charge in [-0.1, -0.05) is 6.07 Å². The molecule has 0 aromatic heterocycles. The zero-order valence-corrected chi connectivity index (χ0v) is 12.4. The molecule has 0 amide bonds. The second-order valence-electron chi connectivity index (χ2n) is 5.63. The molecule has 1 aromatic rings. The Hall–Kier alpha value is -1.77. The van der Waals surface area contributed by atoms with Crippen molar-refractivity contribution in [3.05, 3.63) is 23.8 Å². The van der Waals surface area contributed by atoms with Crippen LogP contribution in [-0.2, 0) is 0 Å². The Balaban J connectivity index is 1.81. The fourth-order valence-corrected chi connectivity index (χ4v) is 2.80. The molecule has 1 saturated heterocycles. The lowest BCUT2D eigenvalue weighted by Crippen LogP contribution is -2.45. The fourth-order valence-electron chi connectivity index (χ4n) is 2.80. The van der Waals surface area contributed by atoms with Crippen LogP contribution < -0.4 is 9.47 Å². The van der Waals surface area contributed by atoms with Crippen molar-refractivity contribution in [3.8, 4) is 17.6 Å². The van der Waals surface area contributed by atoms with Gasteiger partial charge in [0.15, 0.2) is 11.5 Å². The van der Waals surface area contributed by atoms with Crippen molar-refractivity contribution >= 4 is 0 Å². The topological polar surface area (TPSA) is 48.7 Å². The molecule has 0 radical (unpaired) electrons. The van der Waals surface area contributed by atoms with E-state index in [1.807, 2.05) is 18.2 Å². The number of fused-ring (bicyclic) bond motifs is 1. The highest BCUT2D eigenvalue weighted by molar-refractivity contribution is 5.45. The first-order valence-electron chi connectivity index (χ1n) is 7.49. The molecule has 5 nitrogen and oxygen atoms in total. The molecule has 1 unspecified atom stereocenters. The average Bonchev–Trinajstić information content (AvgIpc) is 2.75. The van der Waals surface area contributed by atoms with Gasteiger partial charge in [-0.15, -0.1) is 0 Å². The van der Waals surface area contributed by atoms with Gasteiger partial charge in [-0.25, -0.2) is 0 Å². The minimum Gasteiger partial charge on any atom is -0.490 e. The number of hydrogen-bond acceptors (Lipinski definition) is 5. The van der Waals surface area contributed by atoms with E-state index in [-0.39, 0.29) is 6.04 Å². The molecule has 0 N–H and O–H groups in total. The van der Waals surface area contributed by atoms with Crippen molar-refractivity contribution in [1.82, 2.24) is 9.80 Å². The maximum atomic E-state index is 9.58. The summed E-state index contributed by atoms with van der Waals surface area (Å²) >= 11 is 0. The zero-order chi connectivity index (χ0) is 14.7. The Labute approximate surface area is 125 Å². The van der Waals surface area contributed by atoms with Gasteiger partial charge < -0.3 is 14.4 Å². The van der Waals surface area contributed by atoms with Crippen LogP contribution in [0.5, 0.6) is 11.5 Å². The molecule has 0 bridgehead atoms. The van der Waals surface area contributed by atoms with E-state index in [2.05, 4.69) is 22.9 Å². The summed E-state index contributed by atoms with van der Waals surface area (Å²) in [4.78, 5) is 4.53. The van der Waals surface area contributed by atoms with Gasteiger partial charge in [0.05, 0.1) is 19.3 Å².